The van der Waals surface area contributed by atoms with Crippen molar-refractivity contribution >= 4 is 52.1 Å². The third-order valence-electron chi connectivity index (χ3n) is 3.71. The maximum Gasteiger partial charge on any atom is 0.335 e. The summed E-state index contributed by atoms with van der Waals surface area (Å²) in [5.41, 5.74) is 0.936. The number of aliphatic carboxylic acids is 1. The van der Waals surface area contributed by atoms with Gasteiger partial charge in [-0.25, -0.2) is 4.79 Å². The summed E-state index contributed by atoms with van der Waals surface area (Å²) in [6.07, 6.45) is 0. The van der Waals surface area contributed by atoms with E-state index in [0.29, 0.717) is 10.3 Å². The first-order chi connectivity index (χ1) is 13.0. The Bertz CT molecular complexity index is 1000. The second kappa shape index (κ2) is 8.24. The normalized spacial score (nSPS) is 10.7. The van der Waals surface area contributed by atoms with Crippen LogP contribution in [0, 0.1) is 0 Å². The first-order valence-electron chi connectivity index (χ1n) is 7.81. The summed E-state index contributed by atoms with van der Waals surface area (Å²) in [5.74, 6) is -2.05. The number of nitrogens with one attached hydrogen (secondary N) is 1. The molecule has 0 aliphatic rings. The Kier molecular flexibility index (Phi) is 5.78. The largest absolute Gasteiger partial charge is 0.506 e. The monoisotopic (exact) mass is 401 g/mol. The van der Waals surface area contributed by atoms with E-state index < -0.39 is 11.9 Å². The average molecular weight is 401 g/mol. The van der Waals surface area contributed by atoms with Crippen molar-refractivity contribution in [3.8, 4) is 5.75 Å². The Hall–Kier alpha value is -2.84. The molecular formula is C19H15NO5S2. The van der Waals surface area contributed by atoms with Crippen LogP contribution in [0.4, 0.5) is 5.69 Å². The van der Waals surface area contributed by atoms with E-state index in [1.165, 1.54) is 24.1 Å². The van der Waals surface area contributed by atoms with Crippen molar-refractivity contribution in [3.63, 3.8) is 0 Å². The molecule has 0 atom stereocenters. The summed E-state index contributed by atoms with van der Waals surface area (Å²) in [7, 11) is 0. The molecule has 0 radical (unpaired) electrons. The van der Waals surface area contributed by atoms with Crippen molar-refractivity contribution in [1.82, 2.24) is 0 Å². The highest BCUT2D eigenvalue weighted by Crippen LogP contribution is 2.41. The van der Waals surface area contributed by atoms with Gasteiger partial charge in [0.2, 0.25) is 0 Å². The standard InChI is InChI=1S/C19H15NO5S2/c21-17(22)10-26-16-9-15(13-3-1-2-4-14(13)18(16)23)20-27-12-7-5-11(6-8-12)19(24)25/h1-9,20,23H,10H2,(H,21,22)(H,24,25). The first-order valence-corrected chi connectivity index (χ1v) is 9.61. The van der Waals surface area contributed by atoms with Gasteiger partial charge in [0.15, 0.2) is 0 Å². The minimum absolute atomic E-state index is 0.0539. The number of anilines is 1. The summed E-state index contributed by atoms with van der Waals surface area (Å²) >= 11 is 2.34. The number of aromatic carboxylic acids is 1. The summed E-state index contributed by atoms with van der Waals surface area (Å²) in [6.45, 7) is 0. The zero-order valence-corrected chi connectivity index (χ0v) is 15.5. The average Bonchev–Trinajstić information content (AvgIpc) is 2.67. The highest BCUT2D eigenvalue weighted by atomic mass is 32.2. The molecule has 0 amide bonds. The first kappa shape index (κ1) is 18.9. The van der Waals surface area contributed by atoms with Crippen molar-refractivity contribution in [1.29, 1.82) is 0 Å². The lowest BCUT2D eigenvalue weighted by Crippen LogP contribution is -1.98. The van der Waals surface area contributed by atoms with Crippen LogP contribution in [0.15, 0.2) is 64.4 Å². The van der Waals surface area contributed by atoms with Crippen LogP contribution in [0.25, 0.3) is 10.8 Å². The van der Waals surface area contributed by atoms with Crippen LogP contribution in [0.1, 0.15) is 10.4 Å². The topological polar surface area (TPSA) is 107 Å². The Balaban J connectivity index is 1.89. The van der Waals surface area contributed by atoms with Gasteiger partial charge in [-0.2, -0.15) is 0 Å². The molecular weight excluding hydrogens is 386 g/mol. The van der Waals surface area contributed by atoms with Crippen LogP contribution in [0.5, 0.6) is 5.75 Å². The highest BCUT2D eigenvalue weighted by Gasteiger charge is 2.13. The van der Waals surface area contributed by atoms with Gasteiger partial charge in [0.1, 0.15) is 5.75 Å². The highest BCUT2D eigenvalue weighted by molar-refractivity contribution is 8.00. The molecule has 0 heterocycles. The number of aromatic hydroxyl groups is 1. The van der Waals surface area contributed by atoms with E-state index in [1.54, 1.807) is 30.3 Å². The molecule has 0 spiro atoms. The summed E-state index contributed by atoms with van der Waals surface area (Å²) in [6, 6.07) is 15.4. The molecule has 138 valence electrons. The maximum absolute atomic E-state index is 10.9. The van der Waals surface area contributed by atoms with Crippen molar-refractivity contribution in [3.05, 3.63) is 60.2 Å². The van der Waals surface area contributed by atoms with Gasteiger partial charge < -0.3 is 20.0 Å². The predicted molar refractivity (Wildman–Crippen MR) is 107 cm³/mol. The molecule has 0 aliphatic carbocycles. The number of carboxylic acids is 2. The third-order valence-corrected chi connectivity index (χ3v) is 5.56. The molecule has 0 saturated heterocycles. The molecule has 3 aromatic carbocycles. The molecule has 27 heavy (non-hydrogen) atoms. The Morgan fingerprint density at radius 3 is 2.26 bits per heavy atom. The fraction of sp³-hybridized carbons (Fsp3) is 0.0526. The van der Waals surface area contributed by atoms with Crippen molar-refractivity contribution in [2.45, 2.75) is 9.79 Å². The van der Waals surface area contributed by atoms with E-state index in [1.807, 2.05) is 12.1 Å². The van der Waals surface area contributed by atoms with Crippen LogP contribution < -0.4 is 4.72 Å². The van der Waals surface area contributed by atoms with E-state index >= 15 is 0 Å². The molecule has 0 aromatic heterocycles. The fourth-order valence-corrected chi connectivity index (χ4v) is 3.84. The van der Waals surface area contributed by atoms with E-state index in [4.69, 9.17) is 10.2 Å². The maximum atomic E-state index is 10.9. The van der Waals surface area contributed by atoms with E-state index in [0.717, 1.165) is 27.7 Å². The minimum Gasteiger partial charge on any atom is -0.506 e. The molecule has 0 saturated carbocycles. The Morgan fingerprint density at radius 1 is 0.963 bits per heavy atom. The number of hydrogen-bond donors (Lipinski definition) is 4. The van der Waals surface area contributed by atoms with Gasteiger partial charge in [-0.3, -0.25) is 4.79 Å². The zero-order chi connectivity index (χ0) is 19.4. The van der Waals surface area contributed by atoms with Crippen molar-refractivity contribution in [2.75, 3.05) is 10.5 Å². The number of phenolic OH excluding ortho intramolecular Hbond substituents is 1. The minimum atomic E-state index is -0.982. The summed E-state index contributed by atoms with van der Waals surface area (Å²) in [5, 5.41) is 29.7. The number of rotatable bonds is 7. The number of fused-ring (bicyclic) bond motifs is 1. The van der Waals surface area contributed by atoms with E-state index in [2.05, 4.69) is 4.72 Å². The number of carboxylic acid groups (broad SMARTS) is 2. The molecule has 0 bridgehead atoms. The molecule has 0 unspecified atom stereocenters. The number of benzene rings is 3. The molecule has 6 nitrogen and oxygen atoms in total. The SMILES string of the molecule is O=C(O)CSc1cc(NSc2ccc(C(=O)O)cc2)c2ccccc2c1O. The van der Waals surface area contributed by atoms with E-state index in [9.17, 15) is 14.7 Å². The number of phenols is 1. The van der Waals surface area contributed by atoms with Crippen molar-refractivity contribution in [2.24, 2.45) is 0 Å². The van der Waals surface area contributed by atoms with Gasteiger partial charge >= 0.3 is 11.9 Å². The van der Waals surface area contributed by atoms with Crippen LogP contribution in [-0.4, -0.2) is 33.0 Å². The Labute approximate surface area is 163 Å². The van der Waals surface area contributed by atoms with Gasteiger partial charge in [-0.1, -0.05) is 24.3 Å². The molecule has 4 N–H and O–H groups in total. The third kappa shape index (κ3) is 4.47. The molecule has 0 fully saturated rings. The van der Waals surface area contributed by atoms with Crippen molar-refractivity contribution < 1.29 is 24.9 Å². The molecule has 0 aliphatic heterocycles. The van der Waals surface area contributed by atoms with E-state index in [-0.39, 0.29) is 17.1 Å². The Morgan fingerprint density at radius 2 is 1.63 bits per heavy atom. The summed E-state index contributed by atoms with van der Waals surface area (Å²) < 4.78 is 3.21. The van der Waals surface area contributed by atoms with Gasteiger partial charge in [-0.15, -0.1) is 11.8 Å². The number of carbonyl (C=O) groups is 2. The van der Waals surface area contributed by atoms with Crippen LogP contribution in [0.3, 0.4) is 0 Å². The lowest BCUT2D eigenvalue weighted by Gasteiger charge is -2.13. The van der Waals surface area contributed by atoms with Crippen LogP contribution in [0.2, 0.25) is 0 Å². The van der Waals surface area contributed by atoms with Gasteiger partial charge in [-0.05, 0) is 42.3 Å². The zero-order valence-electron chi connectivity index (χ0n) is 13.9. The molecule has 3 rings (SSSR count). The quantitative estimate of drug-likeness (QED) is 0.260. The molecule has 3 aromatic rings. The second-order valence-corrected chi connectivity index (χ2v) is 7.43. The molecule has 8 heteroatoms. The smallest absolute Gasteiger partial charge is 0.335 e. The lowest BCUT2D eigenvalue weighted by atomic mass is 10.1. The number of hydrogen-bond acceptors (Lipinski definition) is 6. The second-order valence-electron chi connectivity index (χ2n) is 5.53. The van der Waals surface area contributed by atoms with Gasteiger partial charge in [0.05, 0.1) is 21.9 Å². The fourth-order valence-electron chi connectivity index (χ4n) is 2.45. The van der Waals surface area contributed by atoms with Gasteiger partial charge in [0, 0.05) is 15.7 Å². The predicted octanol–water partition coefficient (Wildman–Crippen LogP) is 4.54. The van der Waals surface area contributed by atoms with Gasteiger partial charge in [0.25, 0.3) is 0 Å². The summed E-state index contributed by atoms with van der Waals surface area (Å²) in [4.78, 5) is 23.1. The number of thioether (sulfide) groups is 1. The lowest BCUT2D eigenvalue weighted by molar-refractivity contribution is -0.133. The van der Waals surface area contributed by atoms with Crippen LogP contribution >= 0.6 is 23.7 Å². The van der Waals surface area contributed by atoms with Crippen LogP contribution in [-0.2, 0) is 4.79 Å².